The van der Waals surface area contributed by atoms with Crippen LogP contribution in [-0.2, 0) is 0 Å². The molecule has 22 rings (SSSR count). The zero-order valence-corrected chi connectivity index (χ0v) is 54.4. The summed E-state index contributed by atoms with van der Waals surface area (Å²) in [7, 11) is 0. The van der Waals surface area contributed by atoms with Crippen LogP contribution in [0.15, 0.2) is 329 Å². The van der Waals surface area contributed by atoms with Gasteiger partial charge in [-0.2, -0.15) is 0 Å². The summed E-state index contributed by atoms with van der Waals surface area (Å²) in [5.74, 6) is 0.622. The summed E-state index contributed by atoms with van der Waals surface area (Å²) < 4.78 is 21.2. The Morgan fingerprint density at radius 2 is 0.657 bits per heavy atom. The van der Waals surface area contributed by atoms with Crippen LogP contribution in [0.1, 0.15) is 0 Å². The Bertz CT molecular complexity index is 6960. The molecule has 0 amide bonds. The molecule has 22 aromatic rings. The van der Waals surface area contributed by atoms with E-state index in [1.54, 1.807) is 0 Å². The van der Waals surface area contributed by atoms with Gasteiger partial charge in [0, 0.05) is 81.9 Å². The van der Waals surface area contributed by atoms with Crippen molar-refractivity contribution in [2.45, 2.75) is 0 Å². The van der Waals surface area contributed by atoms with Crippen LogP contribution < -0.4 is 0 Å². The minimum Gasteiger partial charge on any atom is -0.455 e. The normalized spacial score (nSPS) is 11.9. The fourth-order valence-corrected chi connectivity index (χ4v) is 15.7. The van der Waals surface area contributed by atoms with Gasteiger partial charge in [-0.3, -0.25) is 4.57 Å². The first-order valence-electron chi connectivity index (χ1n) is 33.1. The molecule has 14 aromatic carbocycles. The summed E-state index contributed by atoms with van der Waals surface area (Å²) >= 11 is 3.36. The molecule has 0 aliphatic carbocycles. The molecule has 1 N–H and O–H groups in total. The first-order chi connectivity index (χ1) is 49.1. The van der Waals surface area contributed by atoms with Gasteiger partial charge in [-0.05, 0) is 88.7 Å². The average molecular weight is 1330 g/mol. The van der Waals surface area contributed by atoms with E-state index in [2.05, 4.69) is 293 Å². The average Bonchev–Trinajstić information content (AvgIpc) is 1.52. The number of H-pyrrole nitrogens is 1. The minimum atomic E-state index is 0.620. The van der Waals surface area contributed by atoms with Gasteiger partial charge >= 0.3 is 0 Å². The van der Waals surface area contributed by atoms with Crippen molar-refractivity contribution in [3.8, 4) is 39.8 Å². The smallest absolute Gasteiger partial charge is 0.235 e. The van der Waals surface area contributed by atoms with Crippen LogP contribution in [0.4, 0.5) is 0 Å². The van der Waals surface area contributed by atoms with Crippen LogP contribution in [0.25, 0.3) is 193 Å². The van der Waals surface area contributed by atoms with Gasteiger partial charge in [-0.25, -0.2) is 19.9 Å². The van der Waals surface area contributed by atoms with Gasteiger partial charge < -0.3 is 23.0 Å². The van der Waals surface area contributed by atoms with E-state index in [4.69, 9.17) is 18.8 Å². The predicted molar refractivity (Wildman–Crippen MR) is 411 cm³/mol. The van der Waals surface area contributed by atoms with Gasteiger partial charge in [0.2, 0.25) is 5.95 Å². The summed E-state index contributed by atoms with van der Waals surface area (Å²) in [5, 5.41) is 15.9. The van der Waals surface area contributed by atoms with Gasteiger partial charge in [-0.15, -0.1) is 0 Å². The van der Waals surface area contributed by atoms with Crippen LogP contribution in [-0.4, -0.2) is 38.6 Å². The Kier molecular flexibility index (Phi) is 12.9. The Labute approximate surface area is 572 Å². The second-order valence-electron chi connectivity index (χ2n) is 24.9. The van der Waals surface area contributed by atoms with Crippen LogP contribution >= 0.6 is 15.9 Å². The molecule has 0 radical (unpaired) electrons. The fraction of sp³-hybridized carbons (Fsp3) is 0. The molecule has 99 heavy (non-hydrogen) atoms. The van der Waals surface area contributed by atoms with E-state index >= 15 is 0 Å². The molecule has 0 fully saturated rings. The standard InChI is InChI=1S/C44H26N4O.C30H18N2O.C14H9BrN2/c1-3-15-27(16-4-1)40-29-19-7-11-23-33(29)45-44(46-40)48-35-25-13-9-21-31(35)38-42(48)37-30-20-8-12-24-34(30)47(28-17-5-2-6-18-28)41(37)39-32-22-10-14-26-36(32)49-43(38)39;1-2-10-18(11-3-1)32-23-16-8-5-13-20(23)25-28-26(19-12-4-7-15-22(19)31-28)30-27(29(25)32)21-14-6-9-17-24(21)33-30;15-14-16-12-9-5-4-8-11(12)13(17-14)10-6-2-1-3-7-10/h1-26H;1-17,31H;1-9H. The number of aromatic nitrogens is 8. The van der Waals surface area contributed by atoms with Crippen molar-refractivity contribution < 1.29 is 8.83 Å². The van der Waals surface area contributed by atoms with E-state index in [-0.39, 0.29) is 0 Å². The van der Waals surface area contributed by atoms with E-state index in [9.17, 15) is 0 Å². The highest BCUT2D eigenvalue weighted by Crippen LogP contribution is 2.51. The quantitative estimate of drug-likeness (QED) is 0.172. The number of hydrogen-bond donors (Lipinski definition) is 1. The Balaban J connectivity index is 0.000000113. The maximum absolute atomic E-state index is 6.91. The molecule has 0 spiro atoms. The number of nitrogens with zero attached hydrogens (tertiary/aromatic N) is 7. The van der Waals surface area contributed by atoms with E-state index in [0.717, 1.165) is 160 Å². The first kappa shape index (κ1) is 56.4. The predicted octanol–water partition coefficient (Wildman–Crippen LogP) is 23.8. The molecule has 10 nitrogen and oxygen atoms in total. The van der Waals surface area contributed by atoms with Crippen molar-refractivity contribution in [1.29, 1.82) is 0 Å². The highest BCUT2D eigenvalue weighted by atomic mass is 79.9. The minimum absolute atomic E-state index is 0.620. The number of fused-ring (bicyclic) bond motifs is 26. The lowest BCUT2D eigenvalue weighted by atomic mass is 10.0. The van der Waals surface area contributed by atoms with Crippen LogP contribution in [0, 0.1) is 0 Å². The number of hydrogen-bond acceptors (Lipinski definition) is 6. The maximum Gasteiger partial charge on any atom is 0.235 e. The fourth-order valence-electron chi connectivity index (χ4n) is 15.4. The SMILES string of the molecule is Brc1nc(-c2ccccc2)c2ccccc2n1.c1ccc(-c2nc(-n3c4ccccc4c4c5oc6ccccc6c5c5c(c6ccccc6n5-c5ccccc5)c43)nc3ccccc23)cc1.c1ccc(-n2c3ccccc3c3c4[nH]c5ccccc5c4c4oc5ccccc5c4c32)cc1. The van der Waals surface area contributed by atoms with Gasteiger partial charge in [0.25, 0.3) is 0 Å². The lowest BCUT2D eigenvalue weighted by Crippen LogP contribution is -2.03. The Hall–Kier alpha value is -13.0. The van der Waals surface area contributed by atoms with Crippen molar-refractivity contribution >= 4 is 169 Å². The van der Waals surface area contributed by atoms with Crippen LogP contribution in [0.5, 0.6) is 0 Å². The number of nitrogens with one attached hydrogen (secondary N) is 1. The molecule has 0 unspecified atom stereocenters. The second kappa shape index (κ2) is 22.6. The molecule has 11 heteroatoms. The van der Waals surface area contributed by atoms with Crippen molar-refractivity contribution in [2.24, 2.45) is 0 Å². The third-order valence-electron chi connectivity index (χ3n) is 19.4. The lowest BCUT2D eigenvalue weighted by Gasteiger charge is -2.13. The van der Waals surface area contributed by atoms with Gasteiger partial charge in [0.1, 0.15) is 22.3 Å². The number of furan rings is 2. The van der Waals surface area contributed by atoms with Crippen molar-refractivity contribution in [3.63, 3.8) is 0 Å². The third kappa shape index (κ3) is 8.74. The van der Waals surface area contributed by atoms with E-state index in [1.807, 2.05) is 66.7 Å². The Morgan fingerprint density at radius 1 is 0.283 bits per heavy atom. The van der Waals surface area contributed by atoms with Gasteiger partial charge in [0.05, 0.1) is 82.6 Å². The molecule has 0 aliphatic heterocycles. The second-order valence-corrected chi connectivity index (χ2v) is 25.6. The highest BCUT2D eigenvalue weighted by molar-refractivity contribution is 9.10. The van der Waals surface area contributed by atoms with Crippen LogP contribution in [0.3, 0.4) is 0 Å². The molecule has 0 saturated heterocycles. The monoisotopic (exact) mass is 1330 g/mol. The summed E-state index contributed by atoms with van der Waals surface area (Å²) in [6.45, 7) is 0. The van der Waals surface area contributed by atoms with Gasteiger partial charge in [-0.1, -0.05) is 243 Å². The summed E-state index contributed by atoms with van der Waals surface area (Å²) in [6, 6.07) is 109. The van der Waals surface area contributed by atoms with Crippen molar-refractivity contribution in [2.75, 3.05) is 0 Å². The first-order valence-corrected chi connectivity index (χ1v) is 33.9. The summed E-state index contributed by atoms with van der Waals surface area (Å²) in [4.78, 5) is 23.3. The van der Waals surface area contributed by atoms with E-state index in [1.165, 1.54) is 27.2 Å². The van der Waals surface area contributed by atoms with Crippen LogP contribution in [0.2, 0.25) is 0 Å². The number of rotatable bonds is 5. The zero-order chi connectivity index (χ0) is 65.2. The topological polar surface area (TPSA) is 108 Å². The number of para-hydroxylation sites is 10. The molecule has 8 heterocycles. The molecule has 0 bridgehead atoms. The summed E-state index contributed by atoms with van der Waals surface area (Å²) in [5.41, 5.74) is 20.6. The highest BCUT2D eigenvalue weighted by Gasteiger charge is 2.30. The van der Waals surface area contributed by atoms with Crippen molar-refractivity contribution in [1.82, 2.24) is 38.6 Å². The third-order valence-corrected chi connectivity index (χ3v) is 19.8. The number of benzene rings is 14. The lowest BCUT2D eigenvalue weighted by molar-refractivity contribution is 0.672. The van der Waals surface area contributed by atoms with Gasteiger partial charge in [0.15, 0.2) is 4.73 Å². The molecule has 0 atom stereocenters. The largest absolute Gasteiger partial charge is 0.455 e. The molecule has 0 saturated carbocycles. The van der Waals surface area contributed by atoms with Crippen molar-refractivity contribution in [3.05, 3.63) is 320 Å². The Morgan fingerprint density at radius 3 is 1.21 bits per heavy atom. The van der Waals surface area contributed by atoms with E-state index < -0.39 is 0 Å². The van der Waals surface area contributed by atoms with E-state index in [0.29, 0.717) is 10.7 Å². The number of halogens is 1. The molecular formula is C88H53BrN8O2. The molecule has 0 aliphatic rings. The zero-order valence-electron chi connectivity index (χ0n) is 52.8. The number of aromatic amines is 1. The maximum atomic E-state index is 6.91. The molecular weight excluding hydrogens is 1280 g/mol. The summed E-state index contributed by atoms with van der Waals surface area (Å²) in [6.07, 6.45) is 0. The molecule has 464 valence electrons. The molecule has 8 aromatic heterocycles.